The Kier molecular flexibility index (Phi) is 7.76. The Balaban J connectivity index is 0.00000180. The van der Waals surface area contributed by atoms with Crippen LogP contribution in [-0.2, 0) is 11.3 Å². The summed E-state index contributed by atoms with van der Waals surface area (Å²) in [6, 6.07) is 2.41. The van der Waals surface area contributed by atoms with Crippen molar-refractivity contribution in [2.24, 2.45) is 0 Å². The van der Waals surface area contributed by atoms with Crippen molar-refractivity contribution >= 4 is 57.3 Å². The van der Waals surface area contributed by atoms with Gasteiger partial charge in [-0.2, -0.15) is 11.8 Å². The van der Waals surface area contributed by atoms with Gasteiger partial charge >= 0.3 is 0 Å². The van der Waals surface area contributed by atoms with Crippen LogP contribution in [-0.4, -0.2) is 41.9 Å². The van der Waals surface area contributed by atoms with E-state index in [-0.39, 0.29) is 18.3 Å². The van der Waals surface area contributed by atoms with Crippen LogP contribution in [0.1, 0.15) is 12.0 Å². The van der Waals surface area contributed by atoms with Gasteiger partial charge in [-0.15, -0.1) is 23.7 Å². The Morgan fingerprint density at radius 2 is 2.42 bits per heavy atom. The molecule has 1 aromatic heterocycles. The van der Waals surface area contributed by atoms with Gasteiger partial charge in [0.2, 0.25) is 5.91 Å². The maximum atomic E-state index is 12.1. The van der Waals surface area contributed by atoms with Crippen molar-refractivity contribution in [3.63, 3.8) is 0 Å². The van der Waals surface area contributed by atoms with Crippen molar-refractivity contribution in [2.75, 3.05) is 25.1 Å². The van der Waals surface area contributed by atoms with E-state index in [0.29, 0.717) is 19.0 Å². The standard InChI is InChI=1S/C12H17BrN2OS2.ClH/c1-15(6-9-4-11(13)18-7-9)12(16)5-10-8-17-3-2-14-10;/h4,7,10,14H,2-3,5-6,8H2,1H3;1H. The zero-order chi connectivity index (χ0) is 13.0. The van der Waals surface area contributed by atoms with Gasteiger partial charge in [0.05, 0.1) is 3.79 Å². The number of nitrogens with one attached hydrogen (secondary N) is 1. The number of hydrogen-bond acceptors (Lipinski definition) is 4. The molecule has 1 aliphatic rings. The smallest absolute Gasteiger partial charge is 0.224 e. The van der Waals surface area contributed by atoms with E-state index in [1.165, 1.54) is 5.56 Å². The first kappa shape index (κ1) is 17.3. The second kappa shape index (κ2) is 8.52. The summed E-state index contributed by atoms with van der Waals surface area (Å²) >= 11 is 7.02. The van der Waals surface area contributed by atoms with Gasteiger partial charge in [0, 0.05) is 44.1 Å². The average molecular weight is 386 g/mol. The lowest BCUT2D eigenvalue weighted by Gasteiger charge is -2.25. The van der Waals surface area contributed by atoms with Crippen LogP contribution in [0.15, 0.2) is 15.2 Å². The molecular weight excluding hydrogens is 368 g/mol. The Labute approximate surface area is 137 Å². The molecule has 3 nitrogen and oxygen atoms in total. The van der Waals surface area contributed by atoms with Gasteiger partial charge in [0.1, 0.15) is 0 Å². The molecule has 7 heteroatoms. The third kappa shape index (κ3) is 5.63. The molecule has 0 radical (unpaired) electrons. The van der Waals surface area contributed by atoms with Crippen LogP contribution in [0.4, 0.5) is 0 Å². The highest BCUT2D eigenvalue weighted by molar-refractivity contribution is 9.11. The lowest BCUT2D eigenvalue weighted by Crippen LogP contribution is -2.41. The topological polar surface area (TPSA) is 32.3 Å². The zero-order valence-corrected chi connectivity index (χ0v) is 14.8. The van der Waals surface area contributed by atoms with Gasteiger partial charge < -0.3 is 10.2 Å². The molecule has 0 bridgehead atoms. The molecule has 0 aliphatic carbocycles. The second-order valence-corrected chi connectivity index (χ2v) is 7.88. The molecular formula is C12H18BrClN2OS2. The molecule has 1 N–H and O–H groups in total. The maximum Gasteiger partial charge on any atom is 0.224 e. The average Bonchev–Trinajstić information content (AvgIpc) is 2.76. The number of amides is 1. The van der Waals surface area contributed by atoms with Crippen LogP contribution >= 0.6 is 51.4 Å². The highest BCUT2D eigenvalue weighted by atomic mass is 79.9. The largest absolute Gasteiger partial charge is 0.341 e. The third-order valence-corrected chi connectivity index (χ3v) is 5.57. The number of thiophene rings is 1. The summed E-state index contributed by atoms with van der Waals surface area (Å²) in [5.41, 5.74) is 1.19. The summed E-state index contributed by atoms with van der Waals surface area (Å²) in [4.78, 5) is 13.9. The molecule has 0 saturated carbocycles. The van der Waals surface area contributed by atoms with Crippen LogP contribution < -0.4 is 5.32 Å². The lowest BCUT2D eigenvalue weighted by atomic mass is 10.2. The van der Waals surface area contributed by atoms with Gasteiger partial charge in [0.15, 0.2) is 0 Å². The minimum Gasteiger partial charge on any atom is -0.341 e. The van der Waals surface area contributed by atoms with Crippen LogP contribution in [0.3, 0.4) is 0 Å². The summed E-state index contributed by atoms with van der Waals surface area (Å²) < 4.78 is 1.11. The van der Waals surface area contributed by atoms with E-state index in [0.717, 1.165) is 21.8 Å². The van der Waals surface area contributed by atoms with Gasteiger partial charge in [-0.1, -0.05) is 0 Å². The highest BCUT2D eigenvalue weighted by Crippen LogP contribution is 2.21. The molecule has 1 fully saturated rings. The maximum absolute atomic E-state index is 12.1. The number of thioether (sulfide) groups is 1. The predicted octanol–water partition coefficient (Wildman–Crippen LogP) is 2.99. The molecule has 1 unspecified atom stereocenters. The molecule has 1 amide bonds. The zero-order valence-electron chi connectivity index (χ0n) is 10.7. The fraction of sp³-hybridized carbons (Fsp3) is 0.583. The number of nitrogens with zero attached hydrogens (tertiary/aromatic N) is 1. The first-order chi connectivity index (χ1) is 8.65. The van der Waals surface area contributed by atoms with E-state index in [4.69, 9.17) is 0 Å². The molecule has 2 rings (SSSR count). The van der Waals surface area contributed by atoms with Crippen LogP contribution in [0.5, 0.6) is 0 Å². The first-order valence-corrected chi connectivity index (χ1v) is 8.76. The van der Waals surface area contributed by atoms with E-state index in [2.05, 4.69) is 32.7 Å². The van der Waals surface area contributed by atoms with Crippen molar-refractivity contribution in [1.82, 2.24) is 10.2 Å². The van der Waals surface area contributed by atoms with Crippen molar-refractivity contribution in [3.05, 3.63) is 20.8 Å². The van der Waals surface area contributed by atoms with E-state index in [9.17, 15) is 4.79 Å². The fourth-order valence-electron chi connectivity index (χ4n) is 1.91. The molecule has 1 atom stereocenters. The summed E-state index contributed by atoms with van der Waals surface area (Å²) in [6.45, 7) is 1.71. The monoisotopic (exact) mass is 384 g/mol. The van der Waals surface area contributed by atoms with E-state index >= 15 is 0 Å². The Morgan fingerprint density at radius 3 is 3.00 bits per heavy atom. The second-order valence-electron chi connectivity index (χ2n) is 4.44. The quantitative estimate of drug-likeness (QED) is 0.865. The molecule has 1 saturated heterocycles. The number of halogens is 2. The number of carbonyl (C=O) groups is 1. The van der Waals surface area contributed by atoms with Crippen LogP contribution in [0, 0.1) is 0 Å². The number of rotatable bonds is 4. The van der Waals surface area contributed by atoms with Crippen molar-refractivity contribution in [2.45, 2.75) is 19.0 Å². The Bertz CT molecular complexity index is 410. The van der Waals surface area contributed by atoms with Gasteiger partial charge in [0.25, 0.3) is 0 Å². The summed E-state index contributed by atoms with van der Waals surface area (Å²) in [5, 5.41) is 5.48. The van der Waals surface area contributed by atoms with E-state index in [1.54, 1.807) is 11.3 Å². The first-order valence-electron chi connectivity index (χ1n) is 5.93. The summed E-state index contributed by atoms with van der Waals surface area (Å²) in [6.07, 6.45) is 0.606. The van der Waals surface area contributed by atoms with Crippen molar-refractivity contribution in [3.8, 4) is 0 Å². The molecule has 108 valence electrons. The molecule has 0 spiro atoms. The Morgan fingerprint density at radius 1 is 1.63 bits per heavy atom. The number of carbonyl (C=O) groups excluding carboxylic acids is 1. The molecule has 1 aliphatic heterocycles. The van der Waals surface area contributed by atoms with E-state index < -0.39 is 0 Å². The summed E-state index contributed by atoms with van der Waals surface area (Å²) in [7, 11) is 1.88. The SMILES string of the molecule is CN(Cc1csc(Br)c1)C(=O)CC1CSCCN1.Cl. The van der Waals surface area contributed by atoms with Crippen molar-refractivity contribution < 1.29 is 4.79 Å². The third-order valence-electron chi connectivity index (χ3n) is 2.89. The van der Waals surface area contributed by atoms with Crippen LogP contribution in [0.2, 0.25) is 0 Å². The van der Waals surface area contributed by atoms with Crippen LogP contribution in [0.25, 0.3) is 0 Å². The highest BCUT2D eigenvalue weighted by Gasteiger charge is 2.19. The van der Waals surface area contributed by atoms with Crippen molar-refractivity contribution in [1.29, 1.82) is 0 Å². The molecule has 0 aromatic carbocycles. The molecule has 1 aromatic rings. The minimum absolute atomic E-state index is 0. The molecule has 2 heterocycles. The Hall–Kier alpha value is 0.250. The summed E-state index contributed by atoms with van der Waals surface area (Å²) in [5.74, 6) is 2.42. The van der Waals surface area contributed by atoms with E-state index in [1.807, 2.05) is 23.7 Å². The van der Waals surface area contributed by atoms with Gasteiger partial charge in [-0.05, 0) is 32.9 Å². The number of hydrogen-bond donors (Lipinski definition) is 1. The normalized spacial score (nSPS) is 18.7. The minimum atomic E-state index is 0. The fourth-order valence-corrected chi connectivity index (χ4v) is 4.06. The molecule has 19 heavy (non-hydrogen) atoms. The van der Waals surface area contributed by atoms with Gasteiger partial charge in [-0.25, -0.2) is 0 Å². The predicted molar refractivity (Wildman–Crippen MR) is 89.5 cm³/mol. The van der Waals surface area contributed by atoms with Gasteiger partial charge in [-0.3, -0.25) is 4.79 Å². The lowest BCUT2D eigenvalue weighted by molar-refractivity contribution is -0.130.